The summed E-state index contributed by atoms with van der Waals surface area (Å²) >= 11 is 5.56. The molecule has 0 saturated heterocycles. The van der Waals surface area contributed by atoms with E-state index in [9.17, 15) is 12.8 Å². The van der Waals surface area contributed by atoms with Crippen LogP contribution >= 0.6 is 22.3 Å². The zero-order valence-corrected chi connectivity index (χ0v) is 8.63. The van der Waals surface area contributed by atoms with Gasteiger partial charge < -0.3 is 0 Å². The van der Waals surface area contributed by atoms with Gasteiger partial charge in [-0.2, -0.15) is 0 Å². The Morgan fingerprint density at radius 2 is 2.00 bits per heavy atom. The van der Waals surface area contributed by atoms with Crippen LogP contribution in [-0.4, -0.2) is 8.42 Å². The second-order valence-electron chi connectivity index (χ2n) is 2.34. The third-order valence-electron chi connectivity index (χ3n) is 1.41. The molecule has 0 radical (unpaired) electrons. The average molecular weight is 243 g/mol. The molecule has 6 heteroatoms. The minimum Gasteiger partial charge on any atom is -0.246 e. The first kappa shape index (κ1) is 10.8. The Morgan fingerprint density at radius 1 is 1.38 bits per heavy atom. The summed E-state index contributed by atoms with van der Waals surface area (Å²) in [5, 5.41) is -0.0647. The molecule has 1 aromatic rings. The van der Waals surface area contributed by atoms with Gasteiger partial charge in [0.05, 0.1) is 5.02 Å². The molecule has 0 aliphatic carbocycles. The fraction of sp³-hybridized carbons (Fsp3) is 0.143. The number of hydrogen-bond acceptors (Lipinski definition) is 2. The van der Waals surface area contributed by atoms with E-state index >= 15 is 0 Å². The van der Waals surface area contributed by atoms with Crippen molar-refractivity contribution in [3.8, 4) is 0 Å². The van der Waals surface area contributed by atoms with Crippen LogP contribution in [0.2, 0.25) is 5.02 Å². The number of hydrogen-bond donors (Lipinski definition) is 0. The molecule has 0 fully saturated rings. The van der Waals surface area contributed by atoms with Crippen molar-refractivity contribution in [3.63, 3.8) is 0 Å². The molecule has 0 bridgehead atoms. The highest BCUT2D eigenvalue weighted by molar-refractivity contribution is 8.13. The number of benzene rings is 1. The van der Waals surface area contributed by atoms with E-state index < -0.39 is 15.7 Å². The molecular weight excluding hydrogens is 238 g/mol. The van der Waals surface area contributed by atoms with Crippen molar-refractivity contribution in [3.05, 3.63) is 28.8 Å². The van der Waals surface area contributed by atoms with Gasteiger partial charge in [0.15, 0.2) is 0 Å². The summed E-state index contributed by atoms with van der Waals surface area (Å²) in [4.78, 5) is -0.201. The molecule has 0 atom stereocenters. The van der Waals surface area contributed by atoms with Crippen molar-refractivity contribution in [2.75, 3.05) is 0 Å². The summed E-state index contributed by atoms with van der Waals surface area (Å²) in [5.41, 5.74) is 0.314. The molecule has 1 rings (SSSR count). The van der Waals surface area contributed by atoms with Crippen molar-refractivity contribution >= 4 is 31.3 Å². The highest BCUT2D eigenvalue weighted by Crippen LogP contribution is 2.25. The quantitative estimate of drug-likeness (QED) is 0.748. The fourth-order valence-corrected chi connectivity index (χ4v) is 2.38. The van der Waals surface area contributed by atoms with Crippen LogP contribution in [0.1, 0.15) is 5.56 Å². The maximum Gasteiger partial charge on any atom is 0.262 e. The van der Waals surface area contributed by atoms with E-state index in [0.29, 0.717) is 5.56 Å². The smallest absolute Gasteiger partial charge is 0.246 e. The summed E-state index contributed by atoms with van der Waals surface area (Å²) in [6.07, 6.45) is 0. The van der Waals surface area contributed by atoms with Gasteiger partial charge in [-0.1, -0.05) is 17.7 Å². The van der Waals surface area contributed by atoms with Crippen molar-refractivity contribution in [1.82, 2.24) is 0 Å². The first-order valence-electron chi connectivity index (χ1n) is 3.24. The Bertz CT molecular complexity index is 417. The second kappa shape index (κ2) is 3.82. The lowest BCUT2D eigenvalue weighted by atomic mass is 10.2. The maximum absolute atomic E-state index is 12.1. The number of rotatable bonds is 2. The average Bonchev–Trinajstić information content (AvgIpc) is 2.01. The summed E-state index contributed by atoms with van der Waals surface area (Å²) in [7, 11) is 1.21. The first-order valence-corrected chi connectivity index (χ1v) is 5.93. The topological polar surface area (TPSA) is 34.1 Å². The van der Waals surface area contributed by atoms with E-state index in [0.717, 1.165) is 0 Å². The van der Waals surface area contributed by atoms with Gasteiger partial charge in [-0.3, -0.25) is 0 Å². The third kappa shape index (κ3) is 2.56. The van der Waals surface area contributed by atoms with Crippen LogP contribution in [-0.2, 0) is 15.7 Å². The van der Waals surface area contributed by atoms with E-state index in [1.54, 1.807) is 0 Å². The van der Waals surface area contributed by atoms with Crippen LogP contribution in [0.3, 0.4) is 0 Å². The van der Waals surface area contributed by atoms with Gasteiger partial charge in [0, 0.05) is 10.7 Å². The van der Waals surface area contributed by atoms with E-state index in [1.165, 1.54) is 18.2 Å². The van der Waals surface area contributed by atoms with Crippen LogP contribution < -0.4 is 0 Å². The summed E-state index contributed by atoms with van der Waals surface area (Å²) < 4.78 is 33.8. The van der Waals surface area contributed by atoms with Crippen LogP contribution in [0.5, 0.6) is 0 Å². The molecule has 0 unspecified atom stereocenters. The Kier molecular flexibility index (Phi) is 3.16. The molecule has 0 saturated carbocycles. The minimum atomic E-state index is -3.84. The van der Waals surface area contributed by atoms with E-state index in [-0.39, 0.29) is 9.92 Å². The van der Waals surface area contributed by atoms with Gasteiger partial charge in [-0.25, -0.2) is 12.8 Å². The van der Waals surface area contributed by atoms with Crippen LogP contribution in [0.4, 0.5) is 4.39 Å². The molecule has 0 heterocycles. The molecule has 0 aliphatic heterocycles. The largest absolute Gasteiger partial charge is 0.262 e. The maximum atomic E-state index is 12.1. The van der Waals surface area contributed by atoms with Gasteiger partial charge in [0.2, 0.25) is 0 Å². The third-order valence-corrected chi connectivity index (χ3v) is 3.22. The Labute approximate surface area is 84.7 Å². The Hall–Kier alpha value is -0.320. The Morgan fingerprint density at radius 3 is 2.38 bits per heavy atom. The summed E-state index contributed by atoms with van der Waals surface area (Å²) in [6, 6.07) is 3.73. The Balaban J connectivity index is 3.29. The lowest BCUT2D eigenvalue weighted by Gasteiger charge is -2.00. The SMILES string of the molecule is O=S(=O)(Cl)c1ccc(CF)cc1Cl. The minimum absolute atomic E-state index is 0.0647. The van der Waals surface area contributed by atoms with Gasteiger partial charge in [0.1, 0.15) is 11.6 Å². The zero-order chi connectivity index (χ0) is 10.1. The molecule has 72 valence electrons. The molecule has 2 nitrogen and oxygen atoms in total. The first-order chi connectivity index (χ1) is 5.95. The highest BCUT2D eigenvalue weighted by Gasteiger charge is 2.14. The molecule has 0 aliphatic rings. The van der Waals surface area contributed by atoms with Gasteiger partial charge in [0.25, 0.3) is 9.05 Å². The van der Waals surface area contributed by atoms with Crippen LogP contribution in [0, 0.1) is 0 Å². The summed E-state index contributed by atoms with van der Waals surface area (Å²) in [6.45, 7) is -0.692. The monoisotopic (exact) mass is 242 g/mol. The van der Waals surface area contributed by atoms with Gasteiger partial charge in [-0.15, -0.1) is 0 Å². The molecule has 13 heavy (non-hydrogen) atoms. The lowest BCUT2D eigenvalue weighted by molar-refractivity contribution is 0.485. The van der Waals surface area contributed by atoms with E-state index in [1.807, 2.05) is 0 Å². The molecule has 1 aromatic carbocycles. The van der Waals surface area contributed by atoms with Crippen molar-refractivity contribution in [2.24, 2.45) is 0 Å². The highest BCUT2D eigenvalue weighted by atomic mass is 35.7. The van der Waals surface area contributed by atoms with Crippen LogP contribution in [0.15, 0.2) is 23.1 Å². The van der Waals surface area contributed by atoms with Gasteiger partial charge in [-0.05, 0) is 17.7 Å². The van der Waals surface area contributed by atoms with Crippen molar-refractivity contribution < 1.29 is 12.8 Å². The molecule has 0 amide bonds. The van der Waals surface area contributed by atoms with Gasteiger partial charge >= 0.3 is 0 Å². The molecule has 0 N–H and O–H groups in total. The van der Waals surface area contributed by atoms with E-state index in [2.05, 4.69) is 0 Å². The number of alkyl halides is 1. The standard InChI is InChI=1S/C7H5Cl2FO2S/c8-6-3-5(4-10)1-2-7(6)13(9,11)12/h1-3H,4H2. The second-order valence-corrected chi connectivity index (χ2v) is 5.28. The number of halogens is 3. The molecule has 0 spiro atoms. The van der Waals surface area contributed by atoms with Crippen molar-refractivity contribution in [1.29, 1.82) is 0 Å². The van der Waals surface area contributed by atoms with Crippen molar-refractivity contribution in [2.45, 2.75) is 11.6 Å². The lowest BCUT2D eigenvalue weighted by Crippen LogP contribution is -1.92. The molecular formula is C7H5Cl2FO2S. The molecule has 0 aromatic heterocycles. The summed E-state index contributed by atoms with van der Waals surface area (Å²) in [5.74, 6) is 0. The predicted octanol–water partition coefficient (Wildman–Crippen LogP) is 2.74. The van der Waals surface area contributed by atoms with E-state index in [4.69, 9.17) is 22.3 Å². The zero-order valence-electron chi connectivity index (χ0n) is 6.30. The normalized spacial score (nSPS) is 11.6. The fourth-order valence-electron chi connectivity index (χ4n) is 0.825. The predicted molar refractivity (Wildman–Crippen MR) is 49.3 cm³/mol. The van der Waals surface area contributed by atoms with Crippen LogP contribution in [0.25, 0.3) is 0 Å².